The van der Waals surface area contributed by atoms with Gasteiger partial charge in [-0.3, -0.25) is 0 Å². The molecule has 3 nitrogen and oxygen atoms in total. The Morgan fingerprint density at radius 2 is 2.17 bits per heavy atom. The number of aliphatic hydroxyl groups is 1. The summed E-state index contributed by atoms with van der Waals surface area (Å²) in [6.07, 6.45) is 7.77. The Morgan fingerprint density at radius 3 is 2.78 bits per heavy atom. The van der Waals surface area contributed by atoms with Gasteiger partial charge in [0.1, 0.15) is 0 Å². The summed E-state index contributed by atoms with van der Waals surface area (Å²) in [5.41, 5.74) is 4.90. The highest BCUT2D eigenvalue weighted by atomic mass is 16.5. The lowest BCUT2D eigenvalue weighted by Gasteiger charge is -2.27. The minimum absolute atomic E-state index is 0.351. The molecule has 0 aromatic heterocycles. The van der Waals surface area contributed by atoms with Crippen molar-refractivity contribution in [2.45, 2.75) is 64.4 Å². The molecule has 0 aromatic rings. The fourth-order valence-electron chi connectivity index (χ4n) is 2.89. The zero-order valence-corrected chi connectivity index (χ0v) is 12.2. The summed E-state index contributed by atoms with van der Waals surface area (Å²) in [6, 6.07) is 0. The highest BCUT2D eigenvalue weighted by molar-refractivity contribution is 4.77. The van der Waals surface area contributed by atoms with E-state index in [-0.39, 0.29) is 0 Å². The van der Waals surface area contributed by atoms with Gasteiger partial charge < -0.3 is 15.6 Å². The van der Waals surface area contributed by atoms with Gasteiger partial charge in [-0.1, -0.05) is 26.7 Å². The summed E-state index contributed by atoms with van der Waals surface area (Å²) in [6.45, 7) is 6.33. The number of hydrogen-bond acceptors (Lipinski definition) is 3. The smallest absolute Gasteiger partial charge is 0.0767 e. The van der Waals surface area contributed by atoms with Crippen molar-refractivity contribution in [3.05, 3.63) is 0 Å². The molecule has 0 saturated heterocycles. The SMILES string of the molecule is CCC(O)(CN)CCCOCC1CCCC(C)C1. The lowest BCUT2D eigenvalue weighted by atomic mass is 9.83. The molecule has 1 rings (SSSR count). The van der Waals surface area contributed by atoms with E-state index in [0.717, 1.165) is 44.3 Å². The fraction of sp³-hybridized carbons (Fsp3) is 1.00. The summed E-state index contributed by atoms with van der Waals surface area (Å²) >= 11 is 0. The van der Waals surface area contributed by atoms with E-state index in [4.69, 9.17) is 10.5 Å². The van der Waals surface area contributed by atoms with Gasteiger partial charge in [-0.2, -0.15) is 0 Å². The third-order valence-corrected chi connectivity index (χ3v) is 4.37. The van der Waals surface area contributed by atoms with Crippen molar-refractivity contribution in [2.75, 3.05) is 19.8 Å². The van der Waals surface area contributed by atoms with Gasteiger partial charge in [0, 0.05) is 19.8 Å². The largest absolute Gasteiger partial charge is 0.389 e. The highest BCUT2D eigenvalue weighted by Gasteiger charge is 2.22. The van der Waals surface area contributed by atoms with Crippen molar-refractivity contribution in [2.24, 2.45) is 17.6 Å². The van der Waals surface area contributed by atoms with Gasteiger partial charge >= 0.3 is 0 Å². The van der Waals surface area contributed by atoms with E-state index < -0.39 is 5.60 Å². The molecule has 0 spiro atoms. The van der Waals surface area contributed by atoms with Gasteiger partial charge in [-0.05, 0) is 43.9 Å². The van der Waals surface area contributed by atoms with Crippen LogP contribution in [0.4, 0.5) is 0 Å². The predicted molar refractivity (Wildman–Crippen MR) is 75.5 cm³/mol. The Bertz CT molecular complexity index is 217. The molecule has 1 fully saturated rings. The second-order valence-electron chi connectivity index (χ2n) is 6.10. The molecule has 0 amide bonds. The van der Waals surface area contributed by atoms with Gasteiger partial charge in [-0.15, -0.1) is 0 Å². The standard InChI is InChI=1S/C15H31NO2/c1-3-15(17,12-16)8-5-9-18-11-14-7-4-6-13(2)10-14/h13-14,17H,3-12,16H2,1-2H3. The predicted octanol–water partition coefficient (Wildman–Crippen LogP) is 2.71. The first-order valence-electron chi connectivity index (χ1n) is 7.60. The maximum Gasteiger partial charge on any atom is 0.0767 e. The van der Waals surface area contributed by atoms with Crippen LogP contribution in [-0.4, -0.2) is 30.5 Å². The van der Waals surface area contributed by atoms with Gasteiger partial charge in [0.2, 0.25) is 0 Å². The molecule has 18 heavy (non-hydrogen) atoms. The van der Waals surface area contributed by atoms with Crippen LogP contribution >= 0.6 is 0 Å². The third-order valence-electron chi connectivity index (χ3n) is 4.37. The van der Waals surface area contributed by atoms with E-state index in [9.17, 15) is 5.11 Å². The van der Waals surface area contributed by atoms with Crippen molar-refractivity contribution in [3.63, 3.8) is 0 Å². The van der Waals surface area contributed by atoms with Crippen molar-refractivity contribution in [3.8, 4) is 0 Å². The fourth-order valence-corrected chi connectivity index (χ4v) is 2.89. The van der Waals surface area contributed by atoms with Crippen LogP contribution in [0.2, 0.25) is 0 Å². The van der Waals surface area contributed by atoms with Gasteiger partial charge in [0.25, 0.3) is 0 Å². The third kappa shape index (κ3) is 5.68. The van der Waals surface area contributed by atoms with Gasteiger partial charge in [0.05, 0.1) is 5.60 Å². The summed E-state index contributed by atoms with van der Waals surface area (Å²) < 4.78 is 5.75. The van der Waals surface area contributed by atoms with Crippen LogP contribution in [0, 0.1) is 11.8 Å². The molecule has 0 bridgehead atoms. The molecule has 0 aromatic carbocycles. The molecule has 0 aliphatic heterocycles. The van der Waals surface area contributed by atoms with E-state index in [2.05, 4.69) is 6.92 Å². The average Bonchev–Trinajstić information content (AvgIpc) is 2.38. The number of rotatable bonds is 8. The van der Waals surface area contributed by atoms with Crippen LogP contribution in [0.25, 0.3) is 0 Å². The number of ether oxygens (including phenoxy) is 1. The van der Waals surface area contributed by atoms with E-state index in [1.165, 1.54) is 25.7 Å². The monoisotopic (exact) mass is 257 g/mol. The maximum absolute atomic E-state index is 10.0. The first-order valence-corrected chi connectivity index (χ1v) is 7.60. The highest BCUT2D eigenvalue weighted by Crippen LogP contribution is 2.28. The summed E-state index contributed by atoms with van der Waals surface area (Å²) in [5, 5.41) is 10.0. The normalized spacial score (nSPS) is 28.0. The van der Waals surface area contributed by atoms with Crippen molar-refractivity contribution < 1.29 is 9.84 Å². The van der Waals surface area contributed by atoms with E-state index in [1.807, 2.05) is 6.92 Å². The van der Waals surface area contributed by atoms with Crippen LogP contribution in [-0.2, 0) is 4.74 Å². The molecule has 108 valence electrons. The van der Waals surface area contributed by atoms with E-state index >= 15 is 0 Å². The molecule has 3 heteroatoms. The first kappa shape index (κ1) is 15.9. The molecule has 0 radical (unpaired) electrons. The summed E-state index contributed by atoms with van der Waals surface area (Å²) in [4.78, 5) is 0. The Hall–Kier alpha value is -0.120. The molecule has 0 heterocycles. The van der Waals surface area contributed by atoms with Gasteiger partial charge in [-0.25, -0.2) is 0 Å². The van der Waals surface area contributed by atoms with Crippen LogP contribution < -0.4 is 5.73 Å². The lowest BCUT2D eigenvalue weighted by Crippen LogP contribution is -2.37. The zero-order chi connectivity index (χ0) is 13.4. The van der Waals surface area contributed by atoms with Crippen LogP contribution in [0.3, 0.4) is 0 Å². The molecule has 3 N–H and O–H groups in total. The second-order valence-corrected chi connectivity index (χ2v) is 6.10. The number of hydrogen-bond donors (Lipinski definition) is 2. The minimum atomic E-state index is -0.678. The molecular formula is C15H31NO2. The van der Waals surface area contributed by atoms with Crippen LogP contribution in [0.1, 0.15) is 58.8 Å². The minimum Gasteiger partial charge on any atom is -0.389 e. The molecular weight excluding hydrogens is 226 g/mol. The van der Waals surface area contributed by atoms with Crippen LogP contribution in [0.15, 0.2) is 0 Å². The maximum atomic E-state index is 10.0. The summed E-state index contributed by atoms with van der Waals surface area (Å²) in [7, 11) is 0. The lowest BCUT2D eigenvalue weighted by molar-refractivity contribution is 0.0176. The Balaban J connectivity index is 2.04. The van der Waals surface area contributed by atoms with Crippen molar-refractivity contribution in [1.82, 2.24) is 0 Å². The molecule has 3 unspecified atom stereocenters. The van der Waals surface area contributed by atoms with Gasteiger partial charge in [0.15, 0.2) is 0 Å². The second kappa shape index (κ2) is 8.13. The van der Waals surface area contributed by atoms with Crippen LogP contribution in [0.5, 0.6) is 0 Å². The van der Waals surface area contributed by atoms with E-state index in [0.29, 0.717) is 6.54 Å². The van der Waals surface area contributed by atoms with Crippen molar-refractivity contribution in [1.29, 1.82) is 0 Å². The molecule has 3 atom stereocenters. The Kier molecular flexibility index (Phi) is 7.20. The van der Waals surface area contributed by atoms with E-state index in [1.54, 1.807) is 0 Å². The number of nitrogens with two attached hydrogens (primary N) is 1. The Labute approximate surface area is 112 Å². The Morgan fingerprint density at radius 1 is 1.39 bits per heavy atom. The molecule has 1 aliphatic carbocycles. The average molecular weight is 257 g/mol. The zero-order valence-electron chi connectivity index (χ0n) is 12.2. The summed E-state index contributed by atoms with van der Waals surface area (Å²) in [5.74, 6) is 1.63. The molecule has 1 aliphatic rings. The van der Waals surface area contributed by atoms with Crippen molar-refractivity contribution >= 4 is 0 Å². The first-order chi connectivity index (χ1) is 8.59. The molecule has 1 saturated carbocycles. The quantitative estimate of drug-likeness (QED) is 0.657. The topological polar surface area (TPSA) is 55.5 Å².